The number of ketones is 1. The first-order chi connectivity index (χ1) is 13.1. The van der Waals surface area contributed by atoms with Crippen molar-refractivity contribution in [2.45, 2.75) is 51.8 Å². The number of rotatable bonds is 6. The van der Waals surface area contributed by atoms with Crippen molar-refractivity contribution in [2.24, 2.45) is 5.92 Å². The molecule has 0 aliphatic heterocycles. The molecule has 0 heterocycles. The summed E-state index contributed by atoms with van der Waals surface area (Å²) in [6.07, 6.45) is 2.78. The Hall–Kier alpha value is -2.62. The van der Waals surface area contributed by atoms with Gasteiger partial charge in [0.05, 0.1) is 0 Å². The second-order valence-electron chi connectivity index (χ2n) is 7.29. The van der Waals surface area contributed by atoms with Gasteiger partial charge in [-0.3, -0.25) is 4.79 Å². The van der Waals surface area contributed by atoms with Crippen molar-refractivity contribution >= 4 is 11.9 Å². The topological polar surface area (TPSA) is 46.6 Å². The van der Waals surface area contributed by atoms with E-state index in [0.29, 0.717) is 25.2 Å². The summed E-state index contributed by atoms with van der Waals surface area (Å²) in [7, 11) is 0. The highest BCUT2D eigenvalue weighted by Gasteiger charge is 2.31. The van der Waals surface area contributed by atoms with Crippen molar-refractivity contribution in [3.8, 4) is 0 Å². The number of nitrogens with zero attached hydrogens (tertiary/aromatic N) is 1. The molecule has 2 atom stereocenters. The smallest absolute Gasteiger partial charge is 0.410 e. The minimum Gasteiger partial charge on any atom is -0.445 e. The lowest BCUT2D eigenvalue weighted by Crippen LogP contribution is -2.44. The molecule has 1 aliphatic rings. The zero-order valence-corrected chi connectivity index (χ0v) is 15.8. The fourth-order valence-corrected chi connectivity index (χ4v) is 3.68. The van der Waals surface area contributed by atoms with Gasteiger partial charge in [-0.1, -0.05) is 60.7 Å². The molecule has 2 unspecified atom stereocenters. The van der Waals surface area contributed by atoms with E-state index in [4.69, 9.17) is 4.74 Å². The van der Waals surface area contributed by atoms with Crippen LogP contribution in [0.15, 0.2) is 60.7 Å². The first-order valence-corrected chi connectivity index (χ1v) is 9.66. The third-order valence-corrected chi connectivity index (χ3v) is 5.33. The van der Waals surface area contributed by atoms with E-state index in [0.717, 1.165) is 24.0 Å². The molecule has 2 aromatic carbocycles. The Morgan fingerprint density at radius 2 is 1.70 bits per heavy atom. The van der Waals surface area contributed by atoms with E-state index in [2.05, 4.69) is 0 Å². The van der Waals surface area contributed by atoms with Crippen LogP contribution in [0.4, 0.5) is 4.79 Å². The van der Waals surface area contributed by atoms with Crippen molar-refractivity contribution in [1.29, 1.82) is 0 Å². The zero-order chi connectivity index (χ0) is 19.1. The van der Waals surface area contributed by atoms with E-state index in [1.165, 1.54) is 0 Å². The highest BCUT2D eigenvalue weighted by molar-refractivity contribution is 5.79. The molecule has 0 aromatic heterocycles. The molecule has 2 aromatic rings. The molecule has 1 aliphatic carbocycles. The lowest BCUT2D eigenvalue weighted by atomic mass is 9.83. The van der Waals surface area contributed by atoms with Crippen LogP contribution in [-0.4, -0.2) is 22.8 Å². The molecule has 1 amide bonds. The maximum absolute atomic E-state index is 12.9. The van der Waals surface area contributed by atoms with Gasteiger partial charge >= 0.3 is 6.09 Å². The summed E-state index contributed by atoms with van der Waals surface area (Å²) in [6.45, 7) is 2.78. The monoisotopic (exact) mass is 365 g/mol. The van der Waals surface area contributed by atoms with Gasteiger partial charge in [0.25, 0.3) is 0 Å². The van der Waals surface area contributed by atoms with Crippen LogP contribution in [0.3, 0.4) is 0 Å². The van der Waals surface area contributed by atoms with Gasteiger partial charge in [0.15, 0.2) is 0 Å². The maximum atomic E-state index is 12.9. The molecule has 0 radical (unpaired) electrons. The zero-order valence-electron chi connectivity index (χ0n) is 15.8. The van der Waals surface area contributed by atoms with Crippen LogP contribution < -0.4 is 0 Å². The average molecular weight is 365 g/mol. The van der Waals surface area contributed by atoms with Gasteiger partial charge in [0.2, 0.25) is 0 Å². The van der Waals surface area contributed by atoms with Crippen molar-refractivity contribution in [3.05, 3.63) is 71.8 Å². The van der Waals surface area contributed by atoms with Gasteiger partial charge in [-0.25, -0.2) is 4.79 Å². The van der Waals surface area contributed by atoms with Gasteiger partial charge in [0, 0.05) is 25.4 Å². The predicted octanol–water partition coefficient (Wildman–Crippen LogP) is 4.97. The van der Waals surface area contributed by atoms with Crippen molar-refractivity contribution < 1.29 is 14.3 Å². The van der Waals surface area contributed by atoms with Crippen molar-refractivity contribution in [2.75, 3.05) is 0 Å². The molecule has 0 N–H and O–H groups in total. The SMILES string of the molecule is CC(C1CCCC(=O)C1)N(Cc1ccccc1)C(=O)OCc1ccccc1. The van der Waals surface area contributed by atoms with E-state index in [1.54, 1.807) is 4.90 Å². The van der Waals surface area contributed by atoms with E-state index < -0.39 is 0 Å². The Kier molecular flexibility index (Phi) is 6.64. The summed E-state index contributed by atoms with van der Waals surface area (Å²) in [5.74, 6) is 0.495. The largest absolute Gasteiger partial charge is 0.445 e. The van der Waals surface area contributed by atoms with Crippen molar-refractivity contribution in [3.63, 3.8) is 0 Å². The third-order valence-electron chi connectivity index (χ3n) is 5.33. The molecule has 1 saturated carbocycles. The molecule has 4 nitrogen and oxygen atoms in total. The summed E-state index contributed by atoms with van der Waals surface area (Å²) in [5.41, 5.74) is 2.02. The van der Waals surface area contributed by atoms with Gasteiger partial charge < -0.3 is 9.64 Å². The third kappa shape index (κ3) is 5.43. The van der Waals surface area contributed by atoms with Gasteiger partial charge in [0.1, 0.15) is 12.4 Å². The quantitative estimate of drug-likeness (QED) is 0.726. The summed E-state index contributed by atoms with van der Waals surface area (Å²) < 4.78 is 5.60. The standard InChI is InChI=1S/C23H27NO3/c1-18(21-13-8-14-22(25)15-21)24(16-19-9-4-2-5-10-19)23(26)27-17-20-11-6-3-7-12-20/h2-7,9-12,18,21H,8,13-17H2,1H3. The average Bonchev–Trinajstić information content (AvgIpc) is 2.71. The predicted molar refractivity (Wildman–Crippen MR) is 105 cm³/mol. The van der Waals surface area contributed by atoms with Gasteiger partial charge in [-0.2, -0.15) is 0 Å². The van der Waals surface area contributed by atoms with Gasteiger partial charge in [-0.05, 0) is 36.8 Å². The van der Waals surface area contributed by atoms with Crippen molar-refractivity contribution in [1.82, 2.24) is 4.90 Å². The van der Waals surface area contributed by atoms with E-state index in [-0.39, 0.29) is 24.7 Å². The first-order valence-electron chi connectivity index (χ1n) is 9.66. The number of Topliss-reactive ketones (excluding diaryl/α,β-unsaturated/α-hetero) is 1. The van der Waals surface area contributed by atoms with Crippen LogP contribution in [-0.2, 0) is 22.7 Å². The molecular formula is C23H27NO3. The molecule has 0 saturated heterocycles. The van der Waals surface area contributed by atoms with Gasteiger partial charge in [-0.15, -0.1) is 0 Å². The normalized spacial score (nSPS) is 18.0. The number of benzene rings is 2. The Labute approximate surface area is 161 Å². The minimum absolute atomic E-state index is 0.0438. The number of amides is 1. The first kappa shape index (κ1) is 19.2. The number of hydrogen-bond acceptors (Lipinski definition) is 3. The summed E-state index contributed by atoms with van der Waals surface area (Å²) >= 11 is 0. The Balaban J connectivity index is 1.71. The van der Waals surface area contributed by atoms with Crippen LogP contribution in [0, 0.1) is 5.92 Å². The van der Waals surface area contributed by atoms with E-state index >= 15 is 0 Å². The molecule has 1 fully saturated rings. The minimum atomic E-state index is -0.326. The summed E-state index contributed by atoms with van der Waals surface area (Å²) in [5, 5.41) is 0. The highest BCUT2D eigenvalue weighted by atomic mass is 16.6. The number of ether oxygens (including phenoxy) is 1. The molecule has 0 spiro atoms. The van der Waals surface area contributed by atoms with Crippen LogP contribution >= 0.6 is 0 Å². The fraction of sp³-hybridized carbons (Fsp3) is 0.391. The van der Waals surface area contributed by atoms with E-state index in [9.17, 15) is 9.59 Å². The maximum Gasteiger partial charge on any atom is 0.410 e. The summed E-state index contributed by atoms with van der Waals surface area (Å²) in [6, 6.07) is 19.6. The van der Waals surface area contributed by atoms with Crippen LogP contribution in [0.2, 0.25) is 0 Å². The van der Waals surface area contributed by atoms with Crippen LogP contribution in [0.5, 0.6) is 0 Å². The lowest BCUT2D eigenvalue weighted by molar-refractivity contribution is -0.122. The van der Waals surface area contributed by atoms with Crippen LogP contribution in [0.25, 0.3) is 0 Å². The second-order valence-corrected chi connectivity index (χ2v) is 7.29. The van der Waals surface area contributed by atoms with Crippen LogP contribution in [0.1, 0.15) is 43.7 Å². The second kappa shape index (κ2) is 9.36. The van der Waals surface area contributed by atoms with E-state index in [1.807, 2.05) is 67.6 Å². The fourth-order valence-electron chi connectivity index (χ4n) is 3.68. The Bertz CT molecular complexity index is 745. The summed E-state index contributed by atoms with van der Waals surface area (Å²) in [4.78, 5) is 26.6. The highest BCUT2D eigenvalue weighted by Crippen LogP contribution is 2.28. The number of hydrogen-bond donors (Lipinski definition) is 0. The lowest BCUT2D eigenvalue weighted by Gasteiger charge is -2.35. The number of carbonyl (C=O) groups excluding carboxylic acids is 2. The molecular weight excluding hydrogens is 338 g/mol. The molecule has 4 heteroatoms. The number of carbonyl (C=O) groups is 2. The molecule has 142 valence electrons. The molecule has 0 bridgehead atoms. The Morgan fingerprint density at radius 3 is 2.33 bits per heavy atom. The Morgan fingerprint density at radius 1 is 1.07 bits per heavy atom. The molecule has 3 rings (SSSR count). The molecule has 27 heavy (non-hydrogen) atoms.